The Hall–Kier alpha value is -1.62. The zero-order valence-electron chi connectivity index (χ0n) is 14.3. The summed E-state index contributed by atoms with van der Waals surface area (Å²) in [6.07, 6.45) is 3.95. The molecule has 0 radical (unpaired) electrons. The SMILES string of the molecule is CC(C)Oc1cccc(CN2CCNCC2c2ccncc2)c1.Cl. The lowest BCUT2D eigenvalue weighted by molar-refractivity contribution is 0.153. The minimum absolute atomic E-state index is 0. The molecule has 1 N–H and O–H groups in total. The van der Waals surface area contributed by atoms with Gasteiger partial charge in [0.25, 0.3) is 0 Å². The van der Waals surface area contributed by atoms with Crippen LogP contribution >= 0.6 is 12.4 Å². The molecule has 130 valence electrons. The monoisotopic (exact) mass is 347 g/mol. The van der Waals surface area contributed by atoms with Crippen LogP contribution < -0.4 is 10.1 Å². The molecule has 1 saturated heterocycles. The highest BCUT2D eigenvalue weighted by Gasteiger charge is 2.23. The van der Waals surface area contributed by atoms with Crippen LogP contribution in [-0.2, 0) is 6.54 Å². The molecule has 2 heterocycles. The van der Waals surface area contributed by atoms with Crippen molar-refractivity contribution in [3.8, 4) is 5.75 Å². The van der Waals surface area contributed by atoms with Crippen molar-refractivity contribution < 1.29 is 4.74 Å². The van der Waals surface area contributed by atoms with Gasteiger partial charge in [0.1, 0.15) is 5.75 Å². The summed E-state index contributed by atoms with van der Waals surface area (Å²) in [4.78, 5) is 6.66. The Labute approximate surface area is 150 Å². The molecule has 3 rings (SSSR count). The van der Waals surface area contributed by atoms with E-state index in [4.69, 9.17) is 4.74 Å². The predicted molar refractivity (Wildman–Crippen MR) is 99.7 cm³/mol. The standard InChI is InChI=1S/C19H25N3O.ClH/c1-15(2)23-18-5-3-4-16(12-18)14-22-11-10-21-13-19(22)17-6-8-20-9-7-17;/h3-9,12,15,19,21H,10-11,13-14H2,1-2H3;1H. The van der Waals surface area contributed by atoms with E-state index >= 15 is 0 Å². The molecule has 1 aliphatic rings. The molecule has 0 saturated carbocycles. The third kappa shape index (κ3) is 4.94. The van der Waals surface area contributed by atoms with Gasteiger partial charge in [0, 0.05) is 44.6 Å². The van der Waals surface area contributed by atoms with Crippen LogP contribution in [0, 0.1) is 0 Å². The summed E-state index contributed by atoms with van der Waals surface area (Å²) in [5.74, 6) is 0.952. The third-order valence-electron chi connectivity index (χ3n) is 4.10. The number of hydrogen-bond acceptors (Lipinski definition) is 4. The van der Waals surface area contributed by atoms with Gasteiger partial charge in [0.15, 0.2) is 0 Å². The molecule has 1 aliphatic heterocycles. The molecular formula is C19H26ClN3O. The number of nitrogens with one attached hydrogen (secondary N) is 1. The first-order chi connectivity index (χ1) is 11.2. The Balaban J connectivity index is 0.00000208. The van der Waals surface area contributed by atoms with Crippen molar-refractivity contribution in [2.24, 2.45) is 0 Å². The number of hydrogen-bond donors (Lipinski definition) is 1. The van der Waals surface area contributed by atoms with Gasteiger partial charge in [-0.1, -0.05) is 12.1 Å². The Morgan fingerprint density at radius 1 is 1.25 bits per heavy atom. The van der Waals surface area contributed by atoms with Crippen molar-refractivity contribution in [3.05, 3.63) is 59.9 Å². The van der Waals surface area contributed by atoms with Crippen LogP contribution in [0.4, 0.5) is 0 Å². The molecule has 1 fully saturated rings. The highest BCUT2D eigenvalue weighted by Crippen LogP contribution is 2.25. The molecule has 5 heteroatoms. The highest BCUT2D eigenvalue weighted by molar-refractivity contribution is 5.85. The van der Waals surface area contributed by atoms with E-state index in [1.165, 1.54) is 11.1 Å². The smallest absolute Gasteiger partial charge is 0.120 e. The summed E-state index contributed by atoms with van der Waals surface area (Å²) in [6, 6.07) is 13.1. The van der Waals surface area contributed by atoms with E-state index in [0.29, 0.717) is 6.04 Å². The van der Waals surface area contributed by atoms with Gasteiger partial charge < -0.3 is 10.1 Å². The van der Waals surface area contributed by atoms with Crippen molar-refractivity contribution in [3.63, 3.8) is 0 Å². The van der Waals surface area contributed by atoms with E-state index in [1.807, 2.05) is 18.5 Å². The van der Waals surface area contributed by atoms with Crippen LogP contribution in [0.5, 0.6) is 5.75 Å². The normalized spacial score (nSPS) is 18.2. The average molecular weight is 348 g/mol. The lowest BCUT2D eigenvalue weighted by atomic mass is 10.0. The number of pyridine rings is 1. The zero-order chi connectivity index (χ0) is 16.1. The summed E-state index contributed by atoms with van der Waals surface area (Å²) >= 11 is 0. The minimum atomic E-state index is 0. The number of piperazine rings is 1. The lowest BCUT2D eigenvalue weighted by Crippen LogP contribution is -2.45. The van der Waals surface area contributed by atoms with Gasteiger partial charge in [-0.25, -0.2) is 0 Å². The van der Waals surface area contributed by atoms with Crippen molar-refractivity contribution in [1.82, 2.24) is 15.2 Å². The molecule has 1 unspecified atom stereocenters. The van der Waals surface area contributed by atoms with E-state index in [0.717, 1.165) is 31.9 Å². The second kappa shape index (κ2) is 9.02. The predicted octanol–water partition coefficient (Wildman–Crippen LogP) is 3.44. The van der Waals surface area contributed by atoms with Gasteiger partial charge >= 0.3 is 0 Å². The van der Waals surface area contributed by atoms with Gasteiger partial charge in [-0.15, -0.1) is 12.4 Å². The maximum Gasteiger partial charge on any atom is 0.120 e. The molecule has 1 atom stereocenters. The fraction of sp³-hybridized carbons (Fsp3) is 0.421. The summed E-state index contributed by atoms with van der Waals surface area (Å²) < 4.78 is 5.82. The maximum absolute atomic E-state index is 5.82. The molecule has 0 bridgehead atoms. The van der Waals surface area contributed by atoms with Crippen LogP contribution in [0.25, 0.3) is 0 Å². The number of halogens is 1. The molecule has 4 nitrogen and oxygen atoms in total. The van der Waals surface area contributed by atoms with Crippen molar-refractivity contribution in [1.29, 1.82) is 0 Å². The third-order valence-corrected chi connectivity index (χ3v) is 4.10. The summed E-state index contributed by atoms with van der Waals surface area (Å²) in [6.45, 7) is 8.10. The molecule has 1 aromatic heterocycles. The number of nitrogens with zero attached hydrogens (tertiary/aromatic N) is 2. The highest BCUT2D eigenvalue weighted by atomic mass is 35.5. The van der Waals surface area contributed by atoms with E-state index in [9.17, 15) is 0 Å². The van der Waals surface area contributed by atoms with Crippen LogP contribution in [-0.4, -0.2) is 35.6 Å². The lowest BCUT2D eigenvalue weighted by Gasteiger charge is -2.36. The average Bonchev–Trinajstić information content (AvgIpc) is 2.56. The van der Waals surface area contributed by atoms with Crippen molar-refractivity contribution in [2.75, 3.05) is 19.6 Å². The van der Waals surface area contributed by atoms with Gasteiger partial charge in [-0.3, -0.25) is 9.88 Å². The Morgan fingerprint density at radius 3 is 2.79 bits per heavy atom. The number of aromatic nitrogens is 1. The van der Waals surface area contributed by atoms with Crippen LogP contribution in [0.3, 0.4) is 0 Å². The van der Waals surface area contributed by atoms with Gasteiger partial charge in [0.05, 0.1) is 6.10 Å². The Kier molecular flexibility index (Phi) is 7.03. The van der Waals surface area contributed by atoms with Gasteiger partial charge in [0.2, 0.25) is 0 Å². The van der Waals surface area contributed by atoms with E-state index in [2.05, 4.69) is 59.4 Å². The van der Waals surface area contributed by atoms with E-state index < -0.39 is 0 Å². The quantitative estimate of drug-likeness (QED) is 0.899. The number of ether oxygens (including phenoxy) is 1. The first kappa shape index (κ1) is 18.7. The van der Waals surface area contributed by atoms with Crippen molar-refractivity contribution in [2.45, 2.75) is 32.5 Å². The number of rotatable bonds is 5. The maximum atomic E-state index is 5.82. The van der Waals surface area contributed by atoms with Gasteiger partial charge in [-0.05, 0) is 49.2 Å². The molecule has 0 spiro atoms. The molecule has 0 amide bonds. The Bertz CT molecular complexity index is 621. The molecule has 24 heavy (non-hydrogen) atoms. The molecule has 0 aliphatic carbocycles. The fourth-order valence-electron chi connectivity index (χ4n) is 3.07. The second-order valence-electron chi connectivity index (χ2n) is 6.28. The first-order valence-electron chi connectivity index (χ1n) is 8.32. The fourth-order valence-corrected chi connectivity index (χ4v) is 3.07. The van der Waals surface area contributed by atoms with Gasteiger partial charge in [-0.2, -0.15) is 0 Å². The minimum Gasteiger partial charge on any atom is -0.491 e. The topological polar surface area (TPSA) is 37.4 Å². The largest absolute Gasteiger partial charge is 0.491 e. The summed E-state index contributed by atoms with van der Waals surface area (Å²) in [7, 11) is 0. The molecular weight excluding hydrogens is 322 g/mol. The van der Waals surface area contributed by atoms with Crippen molar-refractivity contribution >= 4 is 12.4 Å². The summed E-state index contributed by atoms with van der Waals surface area (Å²) in [5, 5.41) is 3.50. The van der Waals surface area contributed by atoms with E-state index in [1.54, 1.807) is 0 Å². The molecule has 2 aromatic rings. The Morgan fingerprint density at radius 2 is 2.04 bits per heavy atom. The number of benzene rings is 1. The van der Waals surface area contributed by atoms with Crippen LogP contribution in [0.2, 0.25) is 0 Å². The van der Waals surface area contributed by atoms with Crippen LogP contribution in [0.15, 0.2) is 48.8 Å². The van der Waals surface area contributed by atoms with E-state index in [-0.39, 0.29) is 18.5 Å². The summed E-state index contributed by atoms with van der Waals surface area (Å²) in [5.41, 5.74) is 2.62. The van der Waals surface area contributed by atoms with Crippen LogP contribution in [0.1, 0.15) is 31.0 Å². The molecule has 1 aromatic carbocycles. The second-order valence-corrected chi connectivity index (χ2v) is 6.28. The first-order valence-corrected chi connectivity index (χ1v) is 8.32. The zero-order valence-corrected chi connectivity index (χ0v) is 15.1.